The Labute approximate surface area is 179 Å². The standard InChI is InChI=1S/C23H24BrN3O2/c1-29-22-14-17(13-21(24)23(22)28)15-25-27-11-9-26(10-12-27)16-19-7-4-6-18-5-2-3-8-20(18)19/h2-8,13-15,28H,9-12,16H2,1H3/p+1. The van der Waals surface area contributed by atoms with Crippen molar-refractivity contribution in [3.63, 3.8) is 0 Å². The molecule has 0 spiro atoms. The molecule has 0 unspecified atom stereocenters. The Morgan fingerprint density at radius 2 is 1.90 bits per heavy atom. The minimum Gasteiger partial charge on any atom is -0.503 e. The van der Waals surface area contributed by atoms with Crippen molar-refractivity contribution in [2.75, 3.05) is 33.3 Å². The summed E-state index contributed by atoms with van der Waals surface area (Å²) < 4.78 is 5.80. The summed E-state index contributed by atoms with van der Waals surface area (Å²) in [6.45, 7) is 5.01. The van der Waals surface area contributed by atoms with Gasteiger partial charge in [-0.3, -0.25) is 5.01 Å². The number of hydrogen-bond acceptors (Lipinski definition) is 4. The van der Waals surface area contributed by atoms with Crippen LogP contribution in [0.2, 0.25) is 0 Å². The first-order chi connectivity index (χ1) is 14.1. The predicted molar refractivity (Wildman–Crippen MR) is 120 cm³/mol. The van der Waals surface area contributed by atoms with Crippen LogP contribution in [0.1, 0.15) is 11.1 Å². The van der Waals surface area contributed by atoms with Gasteiger partial charge in [0, 0.05) is 5.56 Å². The number of nitrogens with one attached hydrogen (secondary N) is 1. The van der Waals surface area contributed by atoms with Crippen molar-refractivity contribution in [1.82, 2.24) is 5.01 Å². The van der Waals surface area contributed by atoms with Crippen LogP contribution in [-0.2, 0) is 6.54 Å². The first-order valence-electron chi connectivity index (χ1n) is 9.79. The molecular formula is C23H25BrN3O2+. The SMILES string of the molecule is COc1cc(C=NN2CC[NH+](Cc3cccc4ccccc34)CC2)cc(Br)c1O. The van der Waals surface area contributed by atoms with Gasteiger partial charge in [0.05, 0.1) is 44.0 Å². The van der Waals surface area contributed by atoms with Crippen LogP contribution in [0.25, 0.3) is 10.8 Å². The number of phenolic OH excluding ortho intramolecular Hbond substituents is 1. The first-order valence-corrected chi connectivity index (χ1v) is 10.6. The molecule has 1 fully saturated rings. The van der Waals surface area contributed by atoms with Gasteiger partial charge in [0.25, 0.3) is 0 Å². The summed E-state index contributed by atoms with van der Waals surface area (Å²) in [6, 6.07) is 18.8. The van der Waals surface area contributed by atoms with E-state index in [0.29, 0.717) is 10.2 Å². The third kappa shape index (κ3) is 4.54. The molecule has 1 heterocycles. The second-order valence-corrected chi connectivity index (χ2v) is 8.17. The number of hydrazone groups is 1. The third-order valence-electron chi connectivity index (χ3n) is 5.41. The maximum Gasteiger partial charge on any atom is 0.172 e. The number of aromatic hydroxyl groups is 1. The molecule has 5 nitrogen and oxygen atoms in total. The lowest BCUT2D eigenvalue weighted by Gasteiger charge is -2.30. The van der Waals surface area contributed by atoms with Crippen LogP contribution in [0.15, 0.2) is 64.2 Å². The fourth-order valence-corrected chi connectivity index (χ4v) is 4.25. The van der Waals surface area contributed by atoms with Crippen molar-refractivity contribution >= 4 is 32.9 Å². The van der Waals surface area contributed by atoms with Gasteiger partial charge in [0.15, 0.2) is 11.5 Å². The summed E-state index contributed by atoms with van der Waals surface area (Å²) in [4.78, 5) is 1.59. The Morgan fingerprint density at radius 1 is 1.14 bits per heavy atom. The van der Waals surface area contributed by atoms with Gasteiger partial charge >= 0.3 is 0 Å². The molecule has 3 aromatic rings. The number of hydrogen-bond donors (Lipinski definition) is 2. The minimum absolute atomic E-state index is 0.107. The number of benzene rings is 3. The smallest absolute Gasteiger partial charge is 0.172 e. The Balaban J connectivity index is 1.37. The van der Waals surface area contributed by atoms with Crippen LogP contribution in [0.5, 0.6) is 11.5 Å². The van der Waals surface area contributed by atoms with Crippen molar-refractivity contribution in [2.45, 2.75) is 6.54 Å². The zero-order valence-electron chi connectivity index (χ0n) is 16.4. The highest BCUT2D eigenvalue weighted by Gasteiger charge is 2.19. The normalized spacial score (nSPS) is 15.3. The summed E-state index contributed by atoms with van der Waals surface area (Å²) >= 11 is 3.35. The quantitative estimate of drug-likeness (QED) is 0.582. The van der Waals surface area contributed by atoms with Gasteiger partial charge in [-0.25, -0.2) is 0 Å². The average molecular weight is 455 g/mol. The van der Waals surface area contributed by atoms with E-state index >= 15 is 0 Å². The molecule has 0 amide bonds. The lowest BCUT2D eigenvalue weighted by atomic mass is 10.0. The molecular weight excluding hydrogens is 430 g/mol. The average Bonchev–Trinajstić information content (AvgIpc) is 2.75. The van der Waals surface area contributed by atoms with Crippen LogP contribution in [0, 0.1) is 0 Å². The van der Waals surface area contributed by atoms with Crippen LogP contribution < -0.4 is 9.64 Å². The second-order valence-electron chi connectivity index (χ2n) is 7.32. The van der Waals surface area contributed by atoms with E-state index < -0.39 is 0 Å². The van der Waals surface area contributed by atoms with Gasteiger partial charge in [0.2, 0.25) is 0 Å². The number of rotatable bonds is 5. The van der Waals surface area contributed by atoms with Gasteiger partial charge in [-0.15, -0.1) is 0 Å². The summed E-state index contributed by atoms with van der Waals surface area (Å²) in [6.07, 6.45) is 1.82. The fourth-order valence-electron chi connectivity index (χ4n) is 3.79. The van der Waals surface area contributed by atoms with Crippen LogP contribution in [-0.4, -0.2) is 49.6 Å². The molecule has 0 aliphatic carbocycles. The van der Waals surface area contributed by atoms with Crippen LogP contribution in [0.3, 0.4) is 0 Å². The number of methoxy groups -OCH3 is 1. The fraction of sp³-hybridized carbons (Fsp3) is 0.261. The monoisotopic (exact) mass is 454 g/mol. The van der Waals surface area contributed by atoms with Crippen molar-refractivity contribution < 1.29 is 14.7 Å². The predicted octanol–water partition coefficient (Wildman–Crippen LogP) is 3.05. The number of phenols is 1. The van der Waals surface area contributed by atoms with E-state index in [1.165, 1.54) is 16.3 Å². The molecule has 3 aromatic carbocycles. The lowest BCUT2D eigenvalue weighted by Crippen LogP contribution is -3.13. The van der Waals surface area contributed by atoms with Crippen molar-refractivity contribution in [1.29, 1.82) is 0 Å². The maximum absolute atomic E-state index is 9.93. The number of fused-ring (bicyclic) bond motifs is 1. The molecule has 1 saturated heterocycles. The van der Waals surface area contributed by atoms with E-state index in [4.69, 9.17) is 4.74 Å². The van der Waals surface area contributed by atoms with Gasteiger partial charge < -0.3 is 14.7 Å². The molecule has 0 radical (unpaired) electrons. The minimum atomic E-state index is 0.107. The van der Waals surface area contributed by atoms with Gasteiger partial charge in [-0.05, 0) is 44.4 Å². The van der Waals surface area contributed by atoms with E-state index in [9.17, 15) is 5.11 Å². The Bertz CT molecular complexity index is 1020. The summed E-state index contributed by atoms with van der Waals surface area (Å²) in [7, 11) is 1.54. The maximum atomic E-state index is 9.93. The first kappa shape index (κ1) is 19.7. The van der Waals surface area contributed by atoms with Crippen molar-refractivity contribution in [3.05, 3.63) is 70.2 Å². The molecule has 0 bridgehead atoms. The Hall–Kier alpha value is -2.57. The van der Waals surface area contributed by atoms with Crippen molar-refractivity contribution in [2.24, 2.45) is 5.10 Å². The Kier molecular flexibility index (Phi) is 6.02. The Morgan fingerprint density at radius 3 is 2.69 bits per heavy atom. The number of nitrogens with zero attached hydrogens (tertiary/aromatic N) is 2. The highest BCUT2D eigenvalue weighted by molar-refractivity contribution is 9.10. The highest BCUT2D eigenvalue weighted by Crippen LogP contribution is 2.34. The molecule has 1 aliphatic rings. The van der Waals surface area contributed by atoms with Crippen LogP contribution in [0.4, 0.5) is 0 Å². The van der Waals surface area contributed by atoms with E-state index in [1.807, 2.05) is 12.3 Å². The van der Waals surface area contributed by atoms with Crippen LogP contribution >= 0.6 is 15.9 Å². The number of ether oxygens (including phenoxy) is 1. The number of piperazine rings is 1. The highest BCUT2D eigenvalue weighted by atomic mass is 79.9. The summed E-state index contributed by atoms with van der Waals surface area (Å²) in [5.74, 6) is 0.542. The van der Waals surface area contributed by atoms with E-state index in [1.54, 1.807) is 18.1 Å². The van der Waals surface area contributed by atoms with Gasteiger partial charge in [-0.2, -0.15) is 5.10 Å². The van der Waals surface area contributed by atoms with Gasteiger partial charge in [0.1, 0.15) is 6.54 Å². The van der Waals surface area contributed by atoms with E-state index in [2.05, 4.69) is 68.5 Å². The molecule has 4 rings (SSSR count). The lowest BCUT2D eigenvalue weighted by molar-refractivity contribution is -0.918. The van der Waals surface area contributed by atoms with Crippen molar-refractivity contribution in [3.8, 4) is 11.5 Å². The topological polar surface area (TPSA) is 49.5 Å². The largest absolute Gasteiger partial charge is 0.503 e. The molecule has 0 atom stereocenters. The molecule has 29 heavy (non-hydrogen) atoms. The zero-order chi connectivity index (χ0) is 20.2. The molecule has 1 aliphatic heterocycles. The molecule has 0 saturated carbocycles. The van der Waals surface area contributed by atoms with E-state index in [0.717, 1.165) is 38.3 Å². The third-order valence-corrected chi connectivity index (χ3v) is 6.01. The number of quaternary nitrogens is 1. The number of halogens is 1. The second kappa shape index (κ2) is 8.84. The zero-order valence-corrected chi connectivity index (χ0v) is 18.0. The molecule has 150 valence electrons. The molecule has 2 N–H and O–H groups in total. The van der Waals surface area contributed by atoms with E-state index in [-0.39, 0.29) is 5.75 Å². The van der Waals surface area contributed by atoms with Gasteiger partial charge in [-0.1, -0.05) is 42.5 Å². The summed E-state index contributed by atoms with van der Waals surface area (Å²) in [5.41, 5.74) is 2.30. The molecule has 0 aromatic heterocycles. The molecule has 6 heteroatoms. The summed E-state index contributed by atoms with van der Waals surface area (Å²) in [5, 5.41) is 19.3.